The van der Waals surface area contributed by atoms with Crippen molar-refractivity contribution in [3.05, 3.63) is 94.8 Å². The van der Waals surface area contributed by atoms with E-state index in [1.165, 1.54) is 0 Å². The van der Waals surface area contributed by atoms with Gasteiger partial charge in [0.2, 0.25) is 0 Å². The molecule has 1 aromatic heterocycles. The van der Waals surface area contributed by atoms with Crippen molar-refractivity contribution in [3.63, 3.8) is 0 Å². The van der Waals surface area contributed by atoms with Gasteiger partial charge in [0.25, 0.3) is 5.91 Å². The zero-order chi connectivity index (χ0) is 18.6. The highest BCUT2D eigenvalue weighted by molar-refractivity contribution is 5.94. The molecule has 1 aliphatic rings. The van der Waals surface area contributed by atoms with Gasteiger partial charge in [-0.1, -0.05) is 48.2 Å². The number of rotatable bonds is 2. The largest absolute Gasteiger partial charge is 0.340 e. The lowest BCUT2D eigenvalue weighted by atomic mass is 10.1. The van der Waals surface area contributed by atoms with E-state index in [0.717, 1.165) is 23.2 Å². The van der Waals surface area contributed by atoms with Crippen molar-refractivity contribution >= 4 is 5.91 Å². The smallest absolute Gasteiger partial charge is 0.270 e. The Bertz CT molecular complexity index is 1090. The Kier molecular flexibility index (Phi) is 4.47. The molecule has 0 bridgehead atoms. The van der Waals surface area contributed by atoms with E-state index >= 15 is 0 Å². The van der Waals surface area contributed by atoms with Crippen molar-refractivity contribution < 1.29 is 4.79 Å². The third-order valence-corrected chi connectivity index (χ3v) is 4.57. The number of benzene rings is 2. The number of fused-ring (bicyclic) bond motifs is 1. The minimum absolute atomic E-state index is 0.0321. The molecule has 0 saturated heterocycles. The number of carbonyl (C=O) groups is 1. The van der Waals surface area contributed by atoms with Crippen LogP contribution in [0.1, 0.15) is 32.7 Å². The van der Waals surface area contributed by atoms with E-state index in [4.69, 9.17) is 5.26 Å². The number of hydrogen-bond acceptors (Lipinski definition) is 2. The standard InChI is InChI=1S/C23H17N3O/c24-15-20-8-4-7-18(13-20)9-10-21-14-22-23(27)26(12-11-25(22)17-21)16-19-5-2-1-3-6-19/h1-8,13-14,17H,11-12,16H2. The van der Waals surface area contributed by atoms with Crippen LogP contribution in [0, 0.1) is 23.2 Å². The summed E-state index contributed by atoms with van der Waals surface area (Å²) in [5.74, 6) is 6.21. The van der Waals surface area contributed by atoms with Gasteiger partial charge in [-0.25, -0.2) is 0 Å². The highest BCUT2D eigenvalue weighted by atomic mass is 16.2. The van der Waals surface area contributed by atoms with Crippen LogP contribution >= 0.6 is 0 Å². The van der Waals surface area contributed by atoms with Crippen LogP contribution in [-0.4, -0.2) is 21.9 Å². The molecular weight excluding hydrogens is 334 g/mol. The lowest BCUT2D eigenvalue weighted by Crippen LogP contribution is -2.39. The molecule has 0 unspecified atom stereocenters. The molecular formula is C23H17N3O. The third kappa shape index (κ3) is 3.61. The fraction of sp³-hybridized carbons (Fsp3) is 0.130. The average molecular weight is 351 g/mol. The zero-order valence-corrected chi connectivity index (χ0v) is 14.7. The van der Waals surface area contributed by atoms with Crippen LogP contribution in [0.3, 0.4) is 0 Å². The molecule has 0 radical (unpaired) electrons. The lowest BCUT2D eigenvalue weighted by Gasteiger charge is -2.28. The van der Waals surface area contributed by atoms with Crippen LogP contribution in [-0.2, 0) is 13.1 Å². The van der Waals surface area contributed by atoms with Gasteiger partial charge in [-0.2, -0.15) is 5.26 Å². The van der Waals surface area contributed by atoms with E-state index in [9.17, 15) is 4.79 Å². The van der Waals surface area contributed by atoms with Crippen LogP contribution in [0.25, 0.3) is 0 Å². The van der Waals surface area contributed by atoms with Crippen molar-refractivity contribution in [2.24, 2.45) is 0 Å². The molecule has 0 saturated carbocycles. The van der Waals surface area contributed by atoms with Gasteiger partial charge in [0.1, 0.15) is 5.69 Å². The Morgan fingerprint density at radius 3 is 2.48 bits per heavy atom. The molecule has 3 aromatic rings. The molecule has 4 heteroatoms. The first-order valence-electron chi connectivity index (χ1n) is 8.78. The van der Waals surface area contributed by atoms with E-state index in [-0.39, 0.29) is 5.91 Å². The Morgan fingerprint density at radius 2 is 1.67 bits per heavy atom. The number of amides is 1. The van der Waals surface area contributed by atoms with Gasteiger partial charge in [-0.3, -0.25) is 4.79 Å². The van der Waals surface area contributed by atoms with Gasteiger partial charge in [0, 0.05) is 37.0 Å². The van der Waals surface area contributed by atoms with E-state index in [1.54, 1.807) is 12.1 Å². The predicted octanol–water partition coefficient (Wildman–Crippen LogP) is 3.42. The number of nitriles is 1. The summed E-state index contributed by atoms with van der Waals surface area (Å²) in [6.07, 6.45) is 1.92. The molecule has 1 amide bonds. The molecule has 2 heterocycles. The maximum Gasteiger partial charge on any atom is 0.270 e. The molecule has 27 heavy (non-hydrogen) atoms. The number of nitrogens with zero attached hydrogens (tertiary/aromatic N) is 3. The zero-order valence-electron chi connectivity index (χ0n) is 14.7. The first-order chi connectivity index (χ1) is 13.2. The Morgan fingerprint density at radius 1 is 0.889 bits per heavy atom. The minimum Gasteiger partial charge on any atom is -0.340 e. The summed E-state index contributed by atoms with van der Waals surface area (Å²) in [5.41, 5.74) is 3.98. The molecule has 0 atom stereocenters. The van der Waals surface area contributed by atoms with Crippen molar-refractivity contribution in [3.8, 4) is 17.9 Å². The SMILES string of the molecule is N#Cc1cccc(C#Cc2cc3n(c2)CCN(Cc2ccccc2)C3=O)c1. The summed E-state index contributed by atoms with van der Waals surface area (Å²) in [7, 11) is 0. The molecule has 0 fully saturated rings. The molecule has 130 valence electrons. The summed E-state index contributed by atoms with van der Waals surface area (Å²) in [4.78, 5) is 14.7. The van der Waals surface area contributed by atoms with Gasteiger partial charge >= 0.3 is 0 Å². The molecule has 0 spiro atoms. The second-order valence-corrected chi connectivity index (χ2v) is 6.46. The predicted molar refractivity (Wildman–Crippen MR) is 103 cm³/mol. The molecule has 4 nitrogen and oxygen atoms in total. The molecule has 1 aliphatic heterocycles. The van der Waals surface area contributed by atoms with Gasteiger partial charge in [0.05, 0.1) is 11.6 Å². The van der Waals surface area contributed by atoms with Crippen molar-refractivity contribution in [1.29, 1.82) is 5.26 Å². The highest BCUT2D eigenvalue weighted by Gasteiger charge is 2.24. The summed E-state index contributed by atoms with van der Waals surface area (Å²) in [6, 6.07) is 21.2. The van der Waals surface area contributed by atoms with Gasteiger partial charge < -0.3 is 9.47 Å². The Labute approximate surface area is 158 Å². The minimum atomic E-state index is 0.0321. The van der Waals surface area contributed by atoms with Crippen molar-refractivity contribution in [2.75, 3.05) is 6.54 Å². The van der Waals surface area contributed by atoms with Crippen LogP contribution in [0.15, 0.2) is 66.9 Å². The topological polar surface area (TPSA) is 49.0 Å². The summed E-state index contributed by atoms with van der Waals surface area (Å²) in [6.45, 7) is 2.07. The molecule has 2 aromatic carbocycles. The van der Waals surface area contributed by atoms with E-state index in [1.807, 2.05) is 64.2 Å². The summed E-state index contributed by atoms with van der Waals surface area (Å²) in [5, 5.41) is 8.97. The van der Waals surface area contributed by atoms with Gasteiger partial charge in [0.15, 0.2) is 0 Å². The molecule has 0 aliphatic carbocycles. The Balaban J connectivity index is 1.54. The van der Waals surface area contributed by atoms with Crippen molar-refractivity contribution in [1.82, 2.24) is 9.47 Å². The van der Waals surface area contributed by atoms with Crippen LogP contribution < -0.4 is 0 Å². The molecule has 4 rings (SSSR count). The van der Waals surface area contributed by atoms with Crippen LogP contribution in [0.5, 0.6) is 0 Å². The summed E-state index contributed by atoms with van der Waals surface area (Å²) < 4.78 is 1.97. The summed E-state index contributed by atoms with van der Waals surface area (Å²) >= 11 is 0. The fourth-order valence-electron chi connectivity index (χ4n) is 3.20. The quantitative estimate of drug-likeness (QED) is 0.664. The number of carbonyl (C=O) groups excluding carboxylic acids is 1. The first kappa shape index (κ1) is 16.7. The first-order valence-corrected chi connectivity index (χ1v) is 8.78. The maximum absolute atomic E-state index is 12.8. The average Bonchev–Trinajstić information content (AvgIpc) is 3.14. The van der Waals surface area contributed by atoms with Gasteiger partial charge in [-0.15, -0.1) is 0 Å². The monoisotopic (exact) mass is 351 g/mol. The van der Waals surface area contributed by atoms with Crippen molar-refractivity contribution in [2.45, 2.75) is 13.1 Å². The number of hydrogen-bond donors (Lipinski definition) is 0. The maximum atomic E-state index is 12.8. The van der Waals surface area contributed by atoms with E-state index in [2.05, 4.69) is 17.9 Å². The highest BCUT2D eigenvalue weighted by Crippen LogP contribution is 2.18. The van der Waals surface area contributed by atoms with E-state index < -0.39 is 0 Å². The number of aromatic nitrogens is 1. The third-order valence-electron chi connectivity index (χ3n) is 4.57. The second-order valence-electron chi connectivity index (χ2n) is 6.46. The normalized spacial score (nSPS) is 12.7. The van der Waals surface area contributed by atoms with Crippen LogP contribution in [0.4, 0.5) is 0 Å². The lowest BCUT2D eigenvalue weighted by molar-refractivity contribution is 0.0691. The fourth-order valence-corrected chi connectivity index (χ4v) is 3.20. The Hall–Kier alpha value is -3.76. The molecule has 0 N–H and O–H groups in total. The van der Waals surface area contributed by atoms with Gasteiger partial charge in [-0.05, 0) is 29.8 Å². The van der Waals surface area contributed by atoms with Crippen LogP contribution in [0.2, 0.25) is 0 Å². The second kappa shape index (κ2) is 7.23. The van der Waals surface area contributed by atoms with E-state index in [0.29, 0.717) is 24.3 Å².